The SMILES string of the molecule is Nc1ccc(Br)c(NC(=O)c2ccc(Cl)s2)c1. The number of hydrogen-bond donors (Lipinski definition) is 2. The van der Waals surface area contributed by atoms with Gasteiger partial charge in [-0.3, -0.25) is 4.79 Å². The minimum Gasteiger partial charge on any atom is -0.399 e. The van der Waals surface area contributed by atoms with E-state index in [0.29, 0.717) is 20.6 Å². The zero-order valence-corrected chi connectivity index (χ0v) is 11.7. The molecule has 1 aromatic heterocycles. The van der Waals surface area contributed by atoms with E-state index in [2.05, 4.69) is 21.2 Å². The first-order valence-electron chi connectivity index (χ1n) is 4.68. The number of benzene rings is 1. The number of nitrogens with one attached hydrogen (secondary N) is 1. The number of rotatable bonds is 2. The van der Waals surface area contributed by atoms with Crippen LogP contribution in [0.15, 0.2) is 34.8 Å². The first kappa shape index (κ1) is 12.4. The number of nitrogens with two attached hydrogens (primary N) is 1. The lowest BCUT2D eigenvalue weighted by atomic mass is 10.3. The summed E-state index contributed by atoms with van der Waals surface area (Å²) in [5, 5.41) is 2.77. The van der Waals surface area contributed by atoms with Crippen LogP contribution in [0.4, 0.5) is 11.4 Å². The average Bonchev–Trinajstić information content (AvgIpc) is 2.70. The van der Waals surface area contributed by atoms with Crippen molar-refractivity contribution in [1.82, 2.24) is 0 Å². The molecule has 0 fully saturated rings. The highest BCUT2D eigenvalue weighted by molar-refractivity contribution is 9.10. The van der Waals surface area contributed by atoms with Gasteiger partial charge in [-0.2, -0.15) is 0 Å². The molecule has 0 radical (unpaired) electrons. The third kappa shape index (κ3) is 3.00. The minimum atomic E-state index is -0.201. The van der Waals surface area contributed by atoms with Crippen molar-refractivity contribution in [3.8, 4) is 0 Å². The van der Waals surface area contributed by atoms with Gasteiger partial charge >= 0.3 is 0 Å². The Morgan fingerprint density at radius 3 is 2.76 bits per heavy atom. The molecule has 0 saturated carbocycles. The molecular formula is C11H8BrClN2OS. The van der Waals surface area contributed by atoms with Gasteiger partial charge in [-0.25, -0.2) is 0 Å². The summed E-state index contributed by atoms with van der Waals surface area (Å²) in [5.41, 5.74) is 6.88. The van der Waals surface area contributed by atoms with Crippen LogP contribution in [-0.2, 0) is 0 Å². The standard InChI is InChI=1S/C11H8BrClN2OS/c12-7-2-1-6(14)5-8(7)15-11(16)9-3-4-10(13)17-9/h1-5H,14H2,(H,15,16). The van der Waals surface area contributed by atoms with Crippen LogP contribution in [0.5, 0.6) is 0 Å². The molecule has 6 heteroatoms. The van der Waals surface area contributed by atoms with E-state index in [9.17, 15) is 4.79 Å². The lowest BCUT2D eigenvalue weighted by molar-refractivity contribution is 0.103. The third-order valence-corrected chi connectivity index (χ3v) is 3.96. The first-order chi connectivity index (χ1) is 8.06. The molecule has 0 aliphatic rings. The van der Waals surface area contributed by atoms with Crippen molar-refractivity contribution in [2.24, 2.45) is 0 Å². The van der Waals surface area contributed by atoms with Crippen molar-refractivity contribution in [2.75, 3.05) is 11.1 Å². The molecule has 2 aromatic rings. The molecule has 1 aromatic carbocycles. The van der Waals surface area contributed by atoms with E-state index in [0.717, 1.165) is 4.47 Å². The Morgan fingerprint density at radius 1 is 1.35 bits per heavy atom. The Labute approximate surface area is 116 Å². The second-order valence-electron chi connectivity index (χ2n) is 3.30. The molecule has 1 amide bonds. The highest BCUT2D eigenvalue weighted by Gasteiger charge is 2.10. The van der Waals surface area contributed by atoms with Crippen molar-refractivity contribution in [2.45, 2.75) is 0 Å². The predicted octanol–water partition coefficient (Wildman–Crippen LogP) is 4.00. The smallest absolute Gasteiger partial charge is 0.265 e. The molecule has 0 bridgehead atoms. The van der Waals surface area contributed by atoms with E-state index in [4.69, 9.17) is 17.3 Å². The normalized spacial score (nSPS) is 10.2. The van der Waals surface area contributed by atoms with E-state index in [1.807, 2.05) is 0 Å². The predicted molar refractivity (Wildman–Crippen MR) is 75.8 cm³/mol. The van der Waals surface area contributed by atoms with Crippen molar-refractivity contribution in [1.29, 1.82) is 0 Å². The van der Waals surface area contributed by atoms with Crippen molar-refractivity contribution < 1.29 is 4.79 Å². The highest BCUT2D eigenvalue weighted by Crippen LogP contribution is 2.27. The Morgan fingerprint density at radius 2 is 2.12 bits per heavy atom. The molecule has 0 unspecified atom stereocenters. The maximum Gasteiger partial charge on any atom is 0.265 e. The molecule has 17 heavy (non-hydrogen) atoms. The Hall–Kier alpha value is -1.04. The Bertz CT molecular complexity index is 570. The molecule has 0 saturated heterocycles. The fourth-order valence-corrected chi connectivity index (χ4v) is 2.54. The molecule has 0 aliphatic carbocycles. The van der Waals surface area contributed by atoms with E-state index in [-0.39, 0.29) is 5.91 Å². The minimum absolute atomic E-state index is 0.201. The summed E-state index contributed by atoms with van der Waals surface area (Å²) in [6.07, 6.45) is 0. The summed E-state index contributed by atoms with van der Waals surface area (Å²) in [6, 6.07) is 8.60. The van der Waals surface area contributed by atoms with Gasteiger partial charge in [-0.15, -0.1) is 11.3 Å². The van der Waals surface area contributed by atoms with E-state index < -0.39 is 0 Å². The van der Waals surface area contributed by atoms with Gasteiger partial charge in [0.1, 0.15) is 0 Å². The molecule has 0 aliphatic heterocycles. The van der Waals surface area contributed by atoms with Gasteiger partial charge in [0, 0.05) is 10.2 Å². The zero-order valence-electron chi connectivity index (χ0n) is 8.54. The average molecular weight is 332 g/mol. The van der Waals surface area contributed by atoms with Crippen LogP contribution in [0.25, 0.3) is 0 Å². The number of anilines is 2. The van der Waals surface area contributed by atoms with Crippen LogP contribution in [0.3, 0.4) is 0 Å². The lowest BCUT2D eigenvalue weighted by Crippen LogP contribution is -2.10. The molecule has 1 heterocycles. The van der Waals surface area contributed by atoms with E-state index in [1.165, 1.54) is 11.3 Å². The van der Waals surface area contributed by atoms with Crippen molar-refractivity contribution >= 4 is 56.1 Å². The summed E-state index contributed by atoms with van der Waals surface area (Å²) in [4.78, 5) is 12.4. The van der Waals surface area contributed by atoms with Crippen LogP contribution in [0, 0.1) is 0 Å². The zero-order chi connectivity index (χ0) is 12.4. The van der Waals surface area contributed by atoms with Gasteiger partial charge in [-0.1, -0.05) is 11.6 Å². The Kier molecular flexibility index (Phi) is 3.71. The second kappa shape index (κ2) is 5.08. The topological polar surface area (TPSA) is 55.1 Å². The van der Waals surface area contributed by atoms with Crippen molar-refractivity contribution in [3.63, 3.8) is 0 Å². The number of amides is 1. The number of carbonyl (C=O) groups is 1. The van der Waals surface area contributed by atoms with Crippen LogP contribution >= 0.6 is 38.9 Å². The summed E-state index contributed by atoms with van der Waals surface area (Å²) >= 11 is 10.3. The molecule has 3 N–H and O–H groups in total. The summed E-state index contributed by atoms with van der Waals surface area (Å²) < 4.78 is 1.37. The number of carbonyl (C=O) groups excluding carboxylic acids is 1. The number of hydrogen-bond acceptors (Lipinski definition) is 3. The quantitative estimate of drug-likeness (QED) is 0.817. The van der Waals surface area contributed by atoms with E-state index >= 15 is 0 Å². The van der Waals surface area contributed by atoms with Gasteiger partial charge in [0.15, 0.2) is 0 Å². The van der Waals surface area contributed by atoms with Crippen LogP contribution in [0.2, 0.25) is 4.34 Å². The summed E-state index contributed by atoms with van der Waals surface area (Å²) in [6.45, 7) is 0. The van der Waals surface area contributed by atoms with E-state index in [1.54, 1.807) is 30.3 Å². The second-order valence-corrected chi connectivity index (χ2v) is 5.87. The fraction of sp³-hybridized carbons (Fsp3) is 0. The monoisotopic (exact) mass is 330 g/mol. The molecule has 0 atom stereocenters. The summed E-state index contributed by atoms with van der Waals surface area (Å²) in [5.74, 6) is -0.201. The maximum atomic E-state index is 11.9. The third-order valence-electron chi connectivity index (χ3n) is 2.04. The highest BCUT2D eigenvalue weighted by atomic mass is 79.9. The molecule has 2 rings (SSSR count). The van der Waals surface area contributed by atoms with Gasteiger partial charge < -0.3 is 11.1 Å². The molecular weight excluding hydrogens is 324 g/mol. The largest absolute Gasteiger partial charge is 0.399 e. The number of thiophene rings is 1. The molecule has 88 valence electrons. The van der Waals surface area contributed by atoms with Crippen molar-refractivity contribution in [3.05, 3.63) is 44.0 Å². The molecule has 3 nitrogen and oxygen atoms in total. The van der Waals surface area contributed by atoms with Gasteiger partial charge in [0.25, 0.3) is 5.91 Å². The number of nitrogen functional groups attached to an aromatic ring is 1. The Balaban J connectivity index is 2.21. The van der Waals surface area contributed by atoms with Crippen LogP contribution < -0.4 is 11.1 Å². The first-order valence-corrected chi connectivity index (χ1v) is 6.67. The van der Waals surface area contributed by atoms with Gasteiger partial charge in [0.05, 0.1) is 14.9 Å². The van der Waals surface area contributed by atoms with Crippen LogP contribution in [-0.4, -0.2) is 5.91 Å². The lowest BCUT2D eigenvalue weighted by Gasteiger charge is -2.06. The maximum absolute atomic E-state index is 11.9. The molecule has 0 spiro atoms. The summed E-state index contributed by atoms with van der Waals surface area (Å²) in [7, 11) is 0. The fourth-order valence-electron chi connectivity index (χ4n) is 1.26. The number of halogens is 2. The van der Waals surface area contributed by atoms with Gasteiger partial charge in [-0.05, 0) is 46.3 Å². The van der Waals surface area contributed by atoms with Crippen LogP contribution in [0.1, 0.15) is 9.67 Å². The van der Waals surface area contributed by atoms with Gasteiger partial charge in [0.2, 0.25) is 0 Å².